The van der Waals surface area contributed by atoms with E-state index in [4.69, 9.17) is 5.73 Å². The van der Waals surface area contributed by atoms with E-state index in [2.05, 4.69) is 10.3 Å². The second-order valence-corrected chi connectivity index (χ2v) is 7.84. The molecule has 30 heavy (non-hydrogen) atoms. The van der Waals surface area contributed by atoms with Crippen molar-refractivity contribution in [2.45, 2.75) is 11.6 Å². The number of nitrogens with one attached hydrogen (secondary N) is 1. The first-order valence-electron chi connectivity index (χ1n) is 8.89. The molecular weight excluding hydrogens is 418 g/mol. The Morgan fingerprint density at radius 3 is 2.50 bits per heavy atom. The summed E-state index contributed by atoms with van der Waals surface area (Å²) in [4.78, 5) is 16.6. The summed E-state index contributed by atoms with van der Waals surface area (Å²) in [6.45, 7) is 0. The van der Waals surface area contributed by atoms with Gasteiger partial charge in [0.05, 0.1) is 10.8 Å². The molecule has 9 heteroatoms. The van der Waals surface area contributed by atoms with Crippen molar-refractivity contribution in [1.29, 1.82) is 0 Å². The lowest BCUT2D eigenvalue weighted by Crippen LogP contribution is -2.31. The molecule has 0 bridgehead atoms. The molecule has 0 saturated heterocycles. The van der Waals surface area contributed by atoms with Gasteiger partial charge < -0.3 is 11.1 Å². The molecule has 4 rings (SSSR count). The van der Waals surface area contributed by atoms with Crippen LogP contribution in [0.2, 0.25) is 0 Å². The average molecular weight is 433 g/mol. The highest BCUT2D eigenvalue weighted by Gasteiger charge is 2.46. The third-order valence-corrected chi connectivity index (χ3v) is 5.98. The number of rotatable bonds is 3. The Balaban J connectivity index is 1.71. The molecule has 2 aromatic carbocycles. The number of allylic oxidation sites excluding steroid dienone is 1. The third-order valence-electron chi connectivity index (χ3n) is 4.70. The SMILES string of the molecule is NC1=C(C(=O)Nc2cccc(F)c2)S[C@H]2N=C(C(F)(F)F)C=C(c3ccccc3)[C@H]12. The second-order valence-electron chi connectivity index (χ2n) is 6.71. The number of nitrogens with zero attached hydrogens (tertiary/aromatic N) is 1. The molecule has 3 N–H and O–H groups in total. The molecule has 2 aromatic rings. The maximum Gasteiger partial charge on any atom is 0.432 e. The number of nitrogens with two attached hydrogens (primary N) is 1. The fraction of sp³-hybridized carbons (Fsp3) is 0.143. The number of carbonyl (C=O) groups is 1. The van der Waals surface area contributed by atoms with E-state index in [1.807, 2.05) is 0 Å². The van der Waals surface area contributed by atoms with Gasteiger partial charge in [0.25, 0.3) is 5.91 Å². The molecule has 4 nitrogen and oxygen atoms in total. The quantitative estimate of drug-likeness (QED) is 0.688. The number of anilines is 1. The predicted molar refractivity (Wildman–Crippen MR) is 109 cm³/mol. The minimum absolute atomic E-state index is 0.0725. The summed E-state index contributed by atoms with van der Waals surface area (Å²) in [5.74, 6) is -1.83. The van der Waals surface area contributed by atoms with E-state index in [1.54, 1.807) is 30.3 Å². The van der Waals surface area contributed by atoms with E-state index in [0.29, 0.717) is 11.1 Å². The number of alkyl halides is 3. The highest BCUT2D eigenvalue weighted by Crippen LogP contribution is 2.49. The molecule has 0 aliphatic carbocycles. The number of benzene rings is 2. The van der Waals surface area contributed by atoms with Crippen LogP contribution < -0.4 is 11.1 Å². The van der Waals surface area contributed by atoms with Crippen LogP contribution in [-0.4, -0.2) is 23.2 Å². The zero-order chi connectivity index (χ0) is 21.5. The molecule has 0 saturated carbocycles. The third kappa shape index (κ3) is 3.85. The standard InChI is InChI=1S/C21H15F4N3OS/c22-12-7-4-8-13(9-12)27-19(29)18-17(26)16-14(11-5-2-1-3-6-11)10-15(21(23,24)25)28-20(16)30-18/h1-10,16,20H,26H2,(H,27,29)/t16-,20-/m1/s1. The van der Waals surface area contributed by atoms with Gasteiger partial charge in [0.1, 0.15) is 16.9 Å². The summed E-state index contributed by atoms with van der Waals surface area (Å²) in [6.07, 6.45) is -3.65. The Kier molecular flexibility index (Phi) is 5.15. The molecule has 2 atom stereocenters. The Hall–Kier alpha value is -3.07. The van der Waals surface area contributed by atoms with E-state index >= 15 is 0 Å². The van der Waals surface area contributed by atoms with E-state index in [9.17, 15) is 22.4 Å². The smallest absolute Gasteiger partial charge is 0.400 e. The number of halogens is 4. The number of thioether (sulfide) groups is 1. The minimum atomic E-state index is -4.63. The number of amides is 1. The Morgan fingerprint density at radius 1 is 1.10 bits per heavy atom. The number of hydrogen-bond donors (Lipinski definition) is 2. The summed E-state index contributed by atoms with van der Waals surface area (Å²) in [6, 6.07) is 13.8. The average Bonchev–Trinajstić information content (AvgIpc) is 3.04. The second kappa shape index (κ2) is 7.64. The molecule has 0 aromatic heterocycles. The van der Waals surface area contributed by atoms with Crippen LogP contribution in [0.5, 0.6) is 0 Å². The van der Waals surface area contributed by atoms with Gasteiger partial charge in [-0.3, -0.25) is 9.79 Å². The molecule has 2 aliphatic rings. The van der Waals surface area contributed by atoms with Gasteiger partial charge in [-0.2, -0.15) is 13.2 Å². The number of dihydropyridines is 1. The van der Waals surface area contributed by atoms with Crippen molar-refractivity contribution < 1.29 is 22.4 Å². The fourth-order valence-corrected chi connectivity index (χ4v) is 4.63. The number of hydrogen-bond acceptors (Lipinski definition) is 4. The van der Waals surface area contributed by atoms with Crippen molar-refractivity contribution >= 4 is 34.6 Å². The minimum Gasteiger partial charge on any atom is -0.400 e. The van der Waals surface area contributed by atoms with Gasteiger partial charge in [0.2, 0.25) is 0 Å². The normalized spacial score (nSPS) is 21.1. The van der Waals surface area contributed by atoms with Gasteiger partial charge in [-0.15, -0.1) is 0 Å². The monoisotopic (exact) mass is 433 g/mol. The molecule has 1 amide bonds. The lowest BCUT2D eigenvalue weighted by molar-refractivity contribution is -0.112. The number of aliphatic imine (C=N–C) groups is 1. The van der Waals surface area contributed by atoms with E-state index in [0.717, 1.165) is 23.9 Å². The van der Waals surface area contributed by atoms with E-state index < -0.39 is 34.9 Å². The topological polar surface area (TPSA) is 67.5 Å². The number of fused-ring (bicyclic) bond motifs is 1. The van der Waals surface area contributed by atoms with Crippen LogP contribution in [0.15, 0.2) is 76.3 Å². The van der Waals surface area contributed by atoms with Gasteiger partial charge >= 0.3 is 6.18 Å². The van der Waals surface area contributed by atoms with Crippen molar-refractivity contribution in [3.63, 3.8) is 0 Å². The lowest BCUT2D eigenvalue weighted by Gasteiger charge is -2.26. The maximum atomic E-state index is 13.4. The van der Waals surface area contributed by atoms with Crippen molar-refractivity contribution in [1.82, 2.24) is 0 Å². The van der Waals surface area contributed by atoms with Gasteiger partial charge in [0, 0.05) is 11.4 Å². The van der Waals surface area contributed by atoms with E-state index in [-0.39, 0.29) is 16.3 Å². The fourth-order valence-electron chi connectivity index (χ4n) is 3.37. The van der Waals surface area contributed by atoms with Crippen LogP contribution in [0.3, 0.4) is 0 Å². The Morgan fingerprint density at radius 2 is 1.83 bits per heavy atom. The maximum absolute atomic E-state index is 13.4. The summed E-state index contributed by atoms with van der Waals surface area (Å²) < 4.78 is 53.6. The molecule has 2 aliphatic heterocycles. The molecule has 0 unspecified atom stereocenters. The summed E-state index contributed by atoms with van der Waals surface area (Å²) in [5, 5.41) is 1.61. The first-order chi connectivity index (χ1) is 14.2. The lowest BCUT2D eigenvalue weighted by atomic mass is 9.86. The van der Waals surface area contributed by atoms with Crippen molar-refractivity contribution in [2.75, 3.05) is 5.32 Å². The molecule has 0 fully saturated rings. The molecular formula is C21H15F4N3OS. The van der Waals surface area contributed by atoms with Crippen LogP contribution in [0.4, 0.5) is 23.2 Å². The van der Waals surface area contributed by atoms with Crippen molar-refractivity contribution in [3.8, 4) is 0 Å². The van der Waals surface area contributed by atoms with Gasteiger partial charge in [-0.1, -0.05) is 48.2 Å². The predicted octanol–water partition coefficient (Wildman–Crippen LogP) is 4.72. The van der Waals surface area contributed by atoms with Crippen molar-refractivity contribution in [3.05, 3.63) is 82.7 Å². The van der Waals surface area contributed by atoms with Crippen LogP contribution in [0.25, 0.3) is 5.57 Å². The molecule has 2 heterocycles. The van der Waals surface area contributed by atoms with Gasteiger partial charge in [-0.05, 0) is 35.4 Å². The summed E-state index contributed by atoms with van der Waals surface area (Å²) in [5.41, 5.74) is 6.49. The first kappa shape index (κ1) is 20.2. The van der Waals surface area contributed by atoms with Crippen LogP contribution in [0.1, 0.15) is 5.56 Å². The largest absolute Gasteiger partial charge is 0.432 e. The van der Waals surface area contributed by atoms with Crippen LogP contribution >= 0.6 is 11.8 Å². The summed E-state index contributed by atoms with van der Waals surface area (Å²) in [7, 11) is 0. The number of carbonyl (C=O) groups excluding carboxylic acids is 1. The highest BCUT2D eigenvalue weighted by molar-refractivity contribution is 8.04. The van der Waals surface area contributed by atoms with Crippen LogP contribution in [-0.2, 0) is 4.79 Å². The molecule has 154 valence electrons. The van der Waals surface area contributed by atoms with Crippen molar-refractivity contribution in [2.24, 2.45) is 16.6 Å². The van der Waals surface area contributed by atoms with Crippen LogP contribution in [0, 0.1) is 11.7 Å². The zero-order valence-electron chi connectivity index (χ0n) is 15.3. The van der Waals surface area contributed by atoms with E-state index in [1.165, 1.54) is 18.2 Å². The highest BCUT2D eigenvalue weighted by atomic mass is 32.2. The molecule has 0 spiro atoms. The van der Waals surface area contributed by atoms with Gasteiger partial charge in [-0.25, -0.2) is 4.39 Å². The zero-order valence-corrected chi connectivity index (χ0v) is 16.1. The first-order valence-corrected chi connectivity index (χ1v) is 9.77. The Labute approximate surface area is 173 Å². The van der Waals surface area contributed by atoms with Gasteiger partial charge in [0.15, 0.2) is 0 Å². The Bertz CT molecular complexity index is 1090. The molecule has 0 radical (unpaired) electrons. The summed E-state index contributed by atoms with van der Waals surface area (Å²) >= 11 is 0.873.